The smallest absolute Gasteiger partial charge is 0.410 e. The lowest BCUT2D eigenvalue weighted by Gasteiger charge is -2.38. The molecule has 6 heterocycles. The van der Waals surface area contributed by atoms with Gasteiger partial charge in [-0.25, -0.2) is 19.7 Å². The Labute approximate surface area is 220 Å². The van der Waals surface area contributed by atoms with E-state index < -0.39 is 0 Å². The third kappa shape index (κ3) is 4.55. The van der Waals surface area contributed by atoms with Gasteiger partial charge in [-0.1, -0.05) is 0 Å². The van der Waals surface area contributed by atoms with Gasteiger partial charge in [-0.3, -0.25) is 4.79 Å². The number of nitrogens with zero attached hydrogens (tertiary/aromatic N) is 8. The van der Waals surface area contributed by atoms with Crippen LogP contribution >= 0.6 is 0 Å². The number of ether oxygens (including phenoxy) is 2. The van der Waals surface area contributed by atoms with E-state index >= 15 is 0 Å². The normalized spacial score (nSPS) is 23.4. The molecule has 3 saturated heterocycles. The van der Waals surface area contributed by atoms with E-state index in [-0.39, 0.29) is 36.1 Å². The van der Waals surface area contributed by atoms with Crippen molar-refractivity contribution < 1.29 is 19.1 Å². The molecule has 3 fully saturated rings. The predicted molar refractivity (Wildman–Crippen MR) is 139 cm³/mol. The van der Waals surface area contributed by atoms with Crippen LogP contribution in [0.4, 0.5) is 22.5 Å². The first-order valence-electron chi connectivity index (χ1n) is 13.2. The molecule has 6 rings (SSSR count). The number of aromatic nitrogens is 4. The second-order valence-electron chi connectivity index (χ2n) is 10.4. The average molecular weight is 524 g/mol. The number of morpholine rings is 1. The van der Waals surface area contributed by atoms with Gasteiger partial charge < -0.3 is 34.8 Å². The summed E-state index contributed by atoms with van der Waals surface area (Å²) in [4.78, 5) is 50.6. The lowest BCUT2D eigenvalue weighted by atomic mass is 10.1. The number of rotatable bonds is 4. The minimum absolute atomic E-state index is 0.00367. The zero-order chi connectivity index (χ0) is 26.4. The van der Waals surface area contributed by atoms with Crippen molar-refractivity contribution in [3.8, 4) is 11.3 Å². The molecule has 38 heavy (non-hydrogen) atoms. The highest BCUT2D eigenvalue weighted by Crippen LogP contribution is 2.38. The van der Waals surface area contributed by atoms with Crippen LogP contribution in [0.5, 0.6) is 0 Å². The molecule has 0 saturated carbocycles. The molecule has 2 atom stereocenters. The molecule has 0 radical (unpaired) electrons. The molecular formula is C25H33N9O4. The second-order valence-corrected chi connectivity index (χ2v) is 10.4. The predicted octanol–water partition coefficient (Wildman–Crippen LogP) is 0.545. The summed E-state index contributed by atoms with van der Waals surface area (Å²) in [6.45, 7) is 8.50. The van der Waals surface area contributed by atoms with Crippen molar-refractivity contribution in [2.24, 2.45) is 0 Å². The average Bonchev–Trinajstić information content (AvgIpc) is 3.53. The summed E-state index contributed by atoms with van der Waals surface area (Å²) < 4.78 is 11.3. The van der Waals surface area contributed by atoms with Gasteiger partial charge in [0.1, 0.15) is 11.9 Å². The fraction of sp³-hybridized carbons (Fsp3) is 0.600. The van der Waals surface area contributed by atoms with Crippen LogP contribution < -0.4 is 15.5 Å². The molecule has 2 amide bonds. The number of hydrogen-bond donors (Lipinski definition) is 1. The Morgan fingerprint density at radius 2 is 1.84 bits per heavy atom. The number of hydrogen-bond acceptors (Lipinski definition) is 11. The number of carbonyl (C=O) groups excluding carboxylic acids is 2. The van der Waals surface area contributed by atoms with E-state index in [2.05, 4.69) is 26.7 Å². The first-order valence-corrected chi connectivity index (χ1v) is 13.2. The second kappa shape index (κ2) is 9.86. The van der Waals surface area contributed by atoms with Crippen LogP contribution in [-0.4, -0.2) is 112 Å². The molecule has 4 aliphatic rings. The summed E-state index contributed by atoms with van der Waals surface area (Å²) in [6.07, 6.45) is 4.49. The van der Waals surface area contributed by atoms with E-state index in [0.29, 0.717) is 51.9 Å². The fourth-order valence-electron chi connectivity index (χ4n) is 5.62. The number of likely N-dealkylation sites (tertiary alicyclic amines) is 2. The van der Waals surface area contributed by atoms with Crippen molar-refractivity contribution in [1.82, 2.24) is 29.7 Å². The Kier molecular flexibility index (Phi) is 6.38. The number of nitrogen functional groups attached to an aromatic ring is 1. The molecule has 13 nitrogen and oxygen atoms in total. The maximum atomic E-state index is 12.8. The van der Waals surface area contributed by atoms with Crippen molar-refractivity contribution in [1.29, 1.82) is 0 Å². The highest BCUT2D eigenvalue weighted by molar-refractivity contribution is 5.75. The number of anilines is 3. The molecule has 202 valence electrons. The van der Waals surface area contributed by atoms with Gasteiger partial charge in [-0.2, -0.15) is 4.98 Å². The monoisotopic (exact) mass is 523 g/mol. The molecular weight excluding hydrogens is 490 g/mol. The van der Waals surface area contributed by atoms with E-state index in [0.717, 1.165) is 42.0 Å². The largest absolute Gasteiger partial charge is 0.442 e. The van der Waals surface area contributed by atoms with E-state index in [4.69, 9.17) is 25.2 Å². The van der Waals surface area contributed by atoms with Gasteiger partial charge in [0.25, 0.3) is 0 Å². The molecule has 4 aliphatic heterocycles. The van der Waals surface area contributed by atoms with E-state index in [1.54, 1.807) is 22.2 Å². The minimum Gasteiger partial charge on any atom is -0.442 e. The Morgan fingerprint density at radius 3 is 2.58 bits per heavy atom. The van der Waals surface area contributed by atoms with Crippen LogP contribution in [0.25, 0.3) is 11.3 Å². The van der Waals surface area contributed by atoms with E-state index in [1.807, 2.05) is 0 Å². The molecule has 0 aromatic carbocycles. The summed E-state index contributed by atoms with van der Waals surface area (Å²) in [5.41, 5.74) is 8.42. The molecule has 0 spiro atoms. The molecule has 2 aromatic rings. The van der Waals surface area contributed by atoms with Crippen LogP contribution in [-0.2, 0) is 20.7 Å². The molecule has 13 heteroatoms. The third-order valence-electron chi connectivity index (χ3n) is 7.84. The number of carbonyl (C=O) groups is 2. The molecule has 0 unspecified atom stereocenters. The Morgan fingerprint density at radius 1 is 1.05 bits per heavy atom. The van der Waals surface area contributed by atoms with Gasteiger partial charge in [-0.15, -0.1) is 0 Å². The maximum absolute atomic E-state index is 12.8. The number of nitrogens with two attached hydrogens (primary N) is 1. The van der Waals surface area contributed by atoms with Crippen molar-refractivity contribution in [2.45, 2.75) is 44.9 Å². The topological polar surface area (TPSA) is 143 Å². The Bertz CT molecular complexity index is 1220. The number of amides is 2. The van der Waals surface area contributed by atoms with Crippen molar-refractivity contribution in [3.63, 3.8) is 0 Å². The SMILES string of the molecule is CC(=O)N1CC(OC(=O)N2CC[C@@H](N3CCc4c(-c5cnc(N)nc5)nc(N5CCOC[C@@H]5C)nc43)C2)C1. The molecule has 2 N–H and O–H groups in total. The van der Waals surface area contributed by atoms with Gasteiger partial charge in [0.2, 0.25) is 17.8 Å². The highest BCUT2D eigenvalue weighted by atomic mass is 16.6. The third-order valence-corrected chi connectivity index (χ3v) is 7.84. The van der Waals surface area contributed by atoms with Crippen LogP contribution in [0.1, 0.15) is 25.8 Å². The Hall–Kier alpha value is -3.74. The van der Waals surface area contributed by atoms with E-state index in [9.17, 15) is 9.59 Å². The van der Waals surface area contributed by atoms with E-state index in [1.165, 1.54) is 6.92 Å². The first-order chi connectivity index (χ1) is 18.4. The molecule has 0 bridgehead atoms. The van der Waals surface area contributed by atoms with Crippen LogP contribution in [0.3, 0.4) is 0 Å². The van der Waals surface area contributed by atoms with Crippen molar-refractivity contribution in [2.75, 3.05) is 68.0 Å². The van der Waals surface area contributed by atoms with Crippen LogP contribution in [0.15, 0.2) is 12.4 Å². The highest BCUT2D eigenvalue weighted by Gasteiger charge is 2.39. The zero-order valence-electron chi connectivity index (χ0n) is 21.7. The number of fused-ring (bicyclic) bond motifs is 1. The summed E-state index contributed by atoms with van der Waals surface area (Å²) in [5, 5.41) is 0. The summed E-state index contributed by atoms with van der Waals surface area (Å²) in [7, 11) is 0. The quantitative estimate of drug-likeness (QED) is 0.600. The van der Waals surface area contributed by atoms with Gasteiger partial charge in [0, 0.05) is 62.7 Å². The van der Waals surface area contributed by atoms with Crippen molar-refractivity contribution >= 4 is 29.7 Å². The summed E-state index contributed by atoms with van der Waals surface area (Å²) in [5.74, 6) is 1.78. The summed E-state index contributed by atoms with van der Waals surface area (Å²) in [6, 6.07) is 0.272. The summed E-state index contributed by atoms with van der Waals surface area (Å²) >= 11 is 0. The standard InChI is InChI=1S/C25H33N9O4/c1-15-14-37-8-7-33(15)24-29-21(17-9-27-23(26)28-10-17)20-4-6-34(22(20)30-24)18-3-5-31(11-18)25(36)38-19-12-32(13-19)16(2)35/h9-10,15,18-19H,3-8,11-14H2,1-2H3,(H2,26,27,28)/t15-,18+/m0/s1. The fourth-order valence-corrected chi connectivity index (χ4v) is 5.62. The van der Waals surface area contributed by atoms with Gasteiger partial charge in [-0.05, 0) is 19.8 Å². The van der Waals surface area contributed by atoms with Crippen LogP contribution in [0, 0.1) is 0 Å². The van der Waals surface area contributed by atoms with Gasteiger partial charge >= 0.3 is 6.09 Å². The van der Waals surface area contributed by atoms with Crippen LogP contribution in [0.2, 0.25) is 0 Å². The Balaban J connectivity index is 1.23. The molecule has 0 aliphatic carbocycles. The lowest BCUT2D eigenvalue weighted by molar-refractivity contribution is -0.139. The zero-order valence-corrected chi connectivity index (χ0v) is 21.7. The first kappa shape index (κ1) is 24.6. The van der Waals surface area contributed by atoms with Gasteiger partial charge in [0.15, 0.2) is 0 Å². The molecule has 2 aromatic heterocycles. The maximum Gasteiger partial charge on any atom is 0.410 e. The lowest BCUT2D eigenvalue weighted by Crippen LogP contribution is -2.55. The van der Waals surface area contributed by atoms with Crippen molar-refractivity contribution in [3.05, 3.63) is 18.0 Å². The van der Waals surface area contributed by atoms with Gasteiger partial charge in [0.05, 0.1) is 38.0 Å². The minimum atomic E-state index is -0.314.